The zero-order chi connectivity index (χ0) is 31.0. The van der Waals surface area contributed by atoms with Crippen molar-refractivity contribution < 1.29 is 9.53 Å². The molecule has 0 saturated carbocycles. The Morgan fingerprint density at radius 2 is 1.48 bits per heavy atom. The Morgan fingerprint density at radius 3 is 2.20 bits per heavy atom. The van der Waals surface area contributed by atoms with E-state index in [1.165, 1.54) is 12.7 Å². The van der Waals surface area contributed by atoms with Gasteiger partial charge in [0.15, 0.2) is 0 Å². The summed E-state index contributed by atoms with van der Waals surface area (Å²) in [6.45, 7) is 6.18. The minimum Gasteiger partial charge on any atom is -0.465 e. The van der Waals surface area contributed by atoms with Crippen molar-refractivity contribution in [3.8, 4) is 39.6 Å². The van der Waals surface area contributed by atoms with E-state index in [1.54, 1.807) is 24.1 Å². The highest BCUT2D eigenvalue weighted by molar-refractivity contribution is 7.98. The summed E-state index contributed by atoms with van der Waals surface area (Å²) in [5.74, 6) is -0.434. The van der Waals surface area contributed by atoms with Crippen molar-refractivity contribution in [2.24, 2.45) is 0 Å². The Kier molecular flexibility index (Phi) is 8.05. The summed E-state index contributed by atoms with van der Waals surface area (Å²) >= 11 is 8.38. The molecule has 0 amide bonds. The number of halogens is 1. The van der Waals surface area contributed by atoms with Crippen LogP contribution >= 0.6 is 23.5 Å². The first kappa shape index (κ1) is 29.3. The van der Waals surface area contributed by atoms with E-state index in [4.69, 9.17) is 16.3 Å². The van der Waals surface area contributed by atoms with Crippen LogP contribution in [0.1, 0.15) is 32.6 Å². The minimum atomic E-state index is -0.434. The van der Waals surface area contributed by atoms with Crippen molar-refractivity contribution >= 4 is 40.4 Å². The highest BCUT2D eigenvalue weighted by atomic mass is 35.5. The lowest BCUT2D eigenvalue weighted by molar-refractivity contribution is 0.0600. The monoisotopic (exact) mass is 612 g/mol. The maximum absolute atomic E-state index is 12.1. The molecule has 0 bridgehead atoms. The van der Waals surface area contributed by atoms with Crippen molar-refractivity contribution in [1.82, 2.24) is 3.97 Å². The van der Waals surface area contributed by atoms with E-state index in [1.807, 2.05) is 31.2 Å². The second kappa shape index (κ2) is 12.1. The van der Waals surface area contributed by atoms with E-state index in [0.29, 0.717) is 16.1 Å². The molecule has 0 aliphatic carbocycles. The second-order valence-corrected chi connectivity index (χ2v) is 12.3. The van der Waals surface area contributed by atoms with Gasteiger partial charge in [0.1, 0.15) is 0 Å². The number of ether oxygens (including phenoxy) is 1. The van der Waals surface area contributed by atoms with Crippen molar-refractivity contribution in [2.75, 3.05) is 7.11 Å². The van der Waals surface area contributed by atoms with Gasteiger partial charge >= 0.3 is 5.97 Å². The van der Waals surface area contributed by atoms with Gasteiger partial charge in [-0.3, -0.25) is 3.97 Å². The number of methoxy groups -OCH3 is 1. The first-order valence-electron chi connectivity index (χ1n) is 14.2. The first-order chi connectivity index (χ1) is 21.3. The summed E-state index contributed by atoms with van der Waals surface area (Å²) in [4.78, 5) is 13.2. The number of esters is 1. The Morgan fingerprint density at radius 1 is 0.795 bits per heavy atom. The van der Waals surface area contributed by atoms with Crippen LogP contribution in [0.25, 0.3) is 44.4 Å². The van der Waals surface area contributed by atoms with Crippen molar-refractivity contribution in [3.63, 3.8) is 0 Å². The lowest BCUT2D eigenvalue weighted by Gasteiger charge is -2.15. The van der Waals surface area contributed by atoms with Gasteiger partial charge in [-0.15, -0.1) is 0 Å². The predicted octanol–water partition coefficient (Wildman–Crippen LogP) is 10.4. The smallest absolute Gasteiger partial charge is 0.337 e. The molecule has 6 heteroatoms. The third kappa shape index (κ3) is 5.51. The van der Waals surface area contributed by atoms with Crippen LogP contribution in [0.15, 0.2) is 108 Å². The largest absolute Gasteiger partial charge is 0.465 e. The summed E-state index contributed by atoms with van der Waals surface area (Å²) in [7, 11) is 1.35. The Balaban J connectivity index is 1.65. The molecule has 4 nitrogen and oxygen atoms in total. The van der Waals surface area contributed by atoms with Crippen LogP contribution in [0, 0.1) is 32.1 Å². The molecule has 6 aromatic rings. The Bertz CT molecular complexity index is 2110. The zero-order valence-corrected chi connectivity index (χ0v) is 26.4. The molecule has 5 aromatic carbocycles. The molecule has 0 N–H and O–H groups in total. The molecule has 44 heavy (non-hydrogen) atoms. The van der Waals surface area contributed by atoms with Gasteiger partial charge in [-0.25, -0.2) is 4.79 Å². The highest BCUT2D eigenvalue weighted by Gasteiger charge is 2.24. The normalized spacial score (nSPS) is 11.0. The number of carbonyl (C=O) groups is 1. The van der Waals surface area contributed by atoms with Crippen LogP contribution in [0.2, 0.25) is 5.02 Å². The molecular weight excluding hydrogens is 584 g/mol. The van der Waals surface area contributed by atoms with Crippen molar-refractivity contribution in [2.45, 2.75) is 25.7 Å². The number of hydrogen-bond donors (Lipinski definition) is 0. The number of hydrogen-bond acceptors (Lipinski definition) is 4. The number of nitriles is 1. The zero-order valence-electron chi connectivity index (χ0n) is 24.8. The quantitative estimate of drug-likeness (QED) is 0.176. The van der Waals surface area contributed by atoms with Gasteiger partial charge in [0, 0.05) is 37.6 Å². The van der Waals surface area contributed by atoms with Gasteiger partial charge in [0.05, 0.1) is 35.5 Å². The molecule has 0 radical (unpaired) electrons. The number of aryl methyl sites for hydroxylation is 3. The summed E-state index contributed by atoms with van der Waals surface area (Å²) in [5, 5.41) is 11.8. The van der Waals surface area contributed by atoms with Crippen LogP contribution in [-0.2, 0) is 4.74 Å². The first-order valence-corrected chi connectivity index (χ1v) is 15.3. The fourth-order valence-corrected chi connectivity index (χ4v) is 6.81. The average Bonchev–Trinajstić information content (AvgIpc) is 3.34. The third-order valence-corrected chi connectivity index (χ3v) is 9.06. The molecule has 1 aromatic heterocycles. The van der Waals surface area contributed by atoms with Gasteiger partial charge in [0.2, 0.25) is 0 Å². The molecule has 6 rings (SSSR count). The molecule has 0 aliphatic rings. The number of nitrogens with zero attached hydrogens (tertiary/aromatic N) is 2. The molecular formula is C38H29ClN2O2S. The number of aromatic nitrogens is 1. The van der Waals surface area contributed by atoms with Gasteiger partial charge in [0.25, 0.3) is 0 Å². The molecule has 0 spiro atoms. The van der Waals surface area contributed by atoms with Crippen LogP contribution < -0.4 is 0 Å². The van der Waals surface area contributed by atoms with Crippen LogP contribution in [0.5, 0.6) is 0 Å². The SMILES string of the molecule is COC(=O)c1ccc(-c2cccc(-c3c(-c4ccc(C)cc4C#N)c4cc(C)ccc4n3Sc3ccc(C)cc3)c2)c(Cl)c1. The molecule has 0 atom stereocenters. The van der Waals surface area contributed by atoms with E-state index >= 15 is 0 Å². The molecule has 0 saturated heterocycles. The van der Waals surface area contributed by atoms with Crippen molar-refractivity contribution in [3.05, 3.63) is 136 Å². The Labute approximate surface area is 266 Å². The van der Waals surface area contributed by atoms with E-state index in [9.17, 15) is 10.1 Å². The topological polar surface area (TPSA) is 55.0 Å². The number of fused-ring (bicyclic) bond motifs is 1. The number of carbonyl (C=O) groups excluding carboxylic acids is 1. The maximum atomic E-state index is 12.1. The predicted molar refractivity (Wildman–Crippen MR) is 181 cm³/mol. The van der Waals surface area contributed by atoms with E-state index < -0.39 is 5.97 Å². The summed E-state index contributed by atoms with van der Waals surface area (Å²) in [6, 6.07) is 37.0. The fraction of sp³-hybridized carbons (Fsp3) is 0.105. The maximum Gasteiger partial charge on any atom is 0.337 e. The van der Waals surface area contributed by atoms with Crippen LogP contribution in [0.4, 0.5) is 0 Å². The number of rotatable bonds is 6. The van der Waals surface area contributed by atoms with E-state index in [0.717, 1.165) is 60.4 Å². The average molecular weight is 613 g/mol. The van der Waals surface area contributed by atoms with Gasteiger partial charge in [-0.1, -0.05) is 77.3 Å². The van der Waals surface area contributed by atoms with Gasteiger partial charge in [-0.05, 0) is 92.4 Å². The van der Waals surface area contributed by atoms with Crippen molar-refractivity contribution in [1.29, 1.82) is 5.26 Å². The van der Waals surface area contributed by atoms with E-state index in [-0.39, 0.29) is 0 Å². The third-order valence-electron chi connectivity index (χ3n) is 7.70. The summed E-state index contributed by atoms with van der Waals surface area (Å²) in [6.07, 6.45) is 0. The molecule has 0 aliphatic heterocycles. The van der Waals surface area contributed by atoms with Crippen LogP contribution in [-0.4, -0.2) is 17.1 Å². The molecule has 0 fully saturated rings. The molecule has 1 heterocycles. The standard InChI is InChI=1S/C38H29ClN2O2S/c1-23-8-13-30(14-9-23)44-41-35-17-11-25(3)19-33(35)36(32-15-10-24(2)18-29(32)22-40)37(41)27-7-5-6-26(20-27)31-16-12-28(21-34(31)39)38(42)43-4/h5-21H,1-4H3. The minimum absolute atomic E-state index is 0.396. The van der Waals surface area contributed by atoms with E-state index in [2.05, 4.69) is 90.6 Å². The summed E-state index contributed by atoms with van der Waals surface area (Å²) in [5.41, 5.74) is 11.0. The van der Waals surface area contributed by atoms with Crippen LogP contribution in [0.3, 0.4) is 0 Å². The fourth-order valence-electron chi connectivity index (χ4n) is 5.51. The lowest BCUT2D eigenvalue weighted by Crippen LogP contribution is -2.00. The summed E-state index contributed by atoms with van der Waals surface area (Å²) < 4.78 is 7.15. The number of benzene rings is 5. The molecule has 216 valence electrons. The molecule has 0 unspecified atom stereocenters. The Hall–Kier alpha value is -4.76. The lowest BCUT2D eigenvalue weighted by atomic mass is 9.92. The highest BCUT2D eigenvalue weighted by Crippen LogP contribution is 2.46. The van der Waals surface area contributed by atoms with Gasteiger partial charge in [-0.2, -0.15) is 5.26 Å². The second-order valence-electron chi connectivity index (χ2n) is 10.9. The van der Waals surface area contributed by atoms with Gasteiger partial charge < -0.3 is 4.74 Å².